The van der Waals surface area contributed by atoms with E-state index >= 15 is 0 Å². The van der Waals surface area contributed by atoms with Gasteiger partial charge in [0.15, 0.2) is 18.3 Å². The molecular formula is C14H20O9. The van der Waals surface area contributed by atoms with Crippen molar-refractivity contribution in [3.63, 3.8) is 0 Å². The minimum Gasteiger partial charge on any atom is -0.463 e. The molecular weight excluding hydrogens is 312 g/mol. The molecule has 1 fully saturated rings. The molecule has 0 aliphatic carbocycles. The van der Waals surface area contributed by atoms with E-state index in [1.54, 1.807) is 0 Å². The van der Waals surface area contributed by atoms with E-state index < -0.39 is 48.3 Å². The quantitative estimate of drug-likeness (QED) is 0.496. The zero-order valence-corrected chi connectivity index (χ0v) is 13.4. The molecule has 0 amide bonds. The molecule has 1 saturated heterocycles. The number of rotatable bonds is 5. The van der Waals surface area contributed by atoms with Crippen molar-refractivity contribution in [2.75, 3.05) is 13.2 Å². The molecule has 23 heavy (non-hydrogen) atoms. The fourth-order valence-corrected chi connectivity index (χ4v) is 2.16. The second kappa shape index (κ2) is 8.47. The first-order valence-electron chi connectivity index (χ1n) is 6.97. The lowest BCUT2D eigenvalue weighted by atomic mass is 9.99. The Labute approximate surface area is 133 Å². The third kappa shape index (κ3) is 6.23. The highest BCUT2D eigenvalue weighted by molar-refractivity contribution is 5.68. The van der Waals surface area contributed by atoms with Gasteiger partial charge in [-0.15, -0.1) is 0 Å². The highest BCUT2D eigenvalue weighted by Crippen LogP contribution is 2.24. The van der Waals surface area contributed by atoms with E-state index in [-0.39, 0.29) is 13.2 Å². The van der Waals surface area contributed by atoms with E-state index in [0.29, 0.717) is 0 Å². The number of ether oxygens (including phenoxy) is 5. The van der Waals surface area contributed by atoms with Crippen molar-refractivity contribution in [2.45, 2.75) is 52.1 Å². The molecule has 1 rings (SSSR count). The predicted molar refractivity (Wildman–Crippen MR) is 73.0 cm³/mol. The smallest absolute Gasteiger partial charge is 0.303 e. The summed E-state index contributed by atoms with van der Waals surface area (Å²) in [6.45, 7) is 4.46. The molecule has 0 saturated carbocycles. The second-order valence-electron chi connectivity index (χ2n) is 4.97. The van der Waals surface area contributed by atoms with Gasteiger partial charge in [0.05, 0.1) is 6.61 Å². The number of esters is 4. The minimum absolute atomic E-state index is 0.0960. The molecule has 1 aliphatic heterocycles. The van der Waals surface area contributed by atoms with Gasteiger partial charge in [0.2, 0.25) is 0 Å². The van der Waals surface area contributed by atoms with Gasteiger partial charge in [-0.2, -0.15) is 0 Å². The van der Waals surface area contributed by atoms with Crippen molar-refractivity contribution >= 4 is 23.9 Å². The van der Waals surface area contributed by atoms with E-state index in [1.165, 1.54) is 27.7 Å². The van der Waals surface area contributed by atoms with Crippen LogP contribution in [0.5, 0.6) is 0 Å². The summed E-state index contributed by atoms with van der Waals surface area (Å²) >= 11 is 0. The van der Waals surface area contributed by atoms with Gasteiger partial charge in [0.25, 0.3) is 0 Å². The Morgan fingerprint density at radius 1 is 0.826 bits per heavy atom. The molecule has 0 bridgehead atoms. The Bertz CT molecular complexity index is 473. The zero-order chi connectivity index (χ0) is 17.6. The van der Waals surface area contributed by atoms with Crippen molar-refractivity contribution in [3.05, 3.63) is 0 Å². The molecule has 1 aliphatic rings. The minimum atomic E-state index is -1.08. The molecule has 0 radical (unpaired) electrons. The first kappa shape index (κ1) is 18.9. The summed E-state index contributed by atoms with van der Waals surface area (Å²) in [6, 6.07) is 0. The van der Waals surface area contributed by atoms with Crippen LogP contribution in [0.1, 0.15) is 27.7 Å². The lowest BCUT2D eigenvalue weighted by molar-refractivity contribution is -0.231. The van der Waals surface area contributed by atoms with Crippen LogP contribution in [-0.4, -0.2) is 61.5 Å². The summed E-state index contributed by atoms with van der Waals surface area (Å²) < 4.78 is 25.6. The molecule has 1 heterocycles. The van der Waals surface area contributed by atoms with Crippen molar-refractivity contribution in [1.82, 2.24) is 0 Å². The molecule has 9 heteroatoms. The van der Waals surface area contributed by atoms with Gasteiger partial charge >= 0.3 is 23.9 Å². The van der Waals surface area contributed by atoms with Crippen LogP contribution in [-0.2, 0) is 42.9 Å². The standard InChI is InChI=1S/C14H20O9/c1-7(15)19-5-11-13(22-9(3)17)14(23-10(4)18)12(6-20-11)21-8(2)16/h11-14H,5-6H2,1-4H3/t11?,12-,13-,14?/m0/s1. The predicted octanol–water partition coefficient (Wildman–Crippen LogP) is -0.257. The van der Waals surface area contributed by atoms with Crippen LogP contribution < -0.4 is 0 Å². The fourth-order valence-electron chi connectivity index (χ4n) is 2.16. The Hall–Kier alpha value is -2.16. The van der Waals surface area contributed by atoms with Crippen molar-refractivity contribution in [3.8, 4) is 0 Å². The molecule has 0 aromatic carbocycles. The van der Waals surface area contributed by atoms with Crippen molar-refractivity contribution in [1.29, 1.82) is 0 Å². The van der Waals surface area contributed by atoms with Gasteiger partial charge in [-0.1, -0.05) is 0 Å². The lowest BCUT2D eigenvalue weighted by Gasteiger charge is -2.40. The summed E-state index contributed by atoms with van der Waals surface area (Å²) in [5, 5.41) is 0. The number of carbonyl (C=O) groups excluding carboxylic acids is 4. The van der Waals surface area contributed by atoms with Crippen LogP contribution in [0.4, 0.5) is 0 Å². The monoisotopic (exact) mass is 332 g/mol. The molecule has 4 atom stereocenters. The number of hydrogen-bond acceptors (Lipinski definition) is 9. The van der Waals surface area contributed by atoms with E-state index in [0.717, 1.165) is 0 Å². The third-order valence-corrected chi connectivity index (χ3v) is 2.90. The van der Waals surface area contributed by atoms with Gasteiger partial charge in [0.1, 0.15) is 12.7 Å². The topological polar surface area (TPSA) is 114 Å². The largest absolute Gasteiger partial charge is 0.463 e. The molecule has 0 N–H and O–H groups in total. The van der Waals surface area contributed by atoms with E-state index in [4.69, 9.17) is 23.7 Å². The Morgan fingerprint density at radius 3 is 1.83 bits per heavy atom. The van der Waals surface area contributed by atoms with Crippen LogP contribution in [0.25, 0.3) is 0 Å². The van der Waals surface area contributed by atoms with Crippen molar-refractivity contribution in [2.24, 2.45) is 0 Å². The van der Waals surface area contributed by atoms with Gasteiger partial charge in [-0.3, -0.25) is 19.2 Å². The lowest BCUT2D eigenvalue weighted by Crippen LogP contribution is -2.58. The van der Waals surface area contributed by atoms with E-state index in [9.17, 15) is 19.2 Å². The van der Waals surface area contributed by atoms with E-state index in [1.807, 2.05) is 0 Å². The second-order valence-corrected chi connectivity index (χ2v) is 4.97. The number of hydrogen-bond donors (Lipinski definition) is 0. The summed E-state index contributed by atoms with van der Waals surface area (Å²) in [5.41, 5.74) is 0. The first-order chi connectivity index (χ1) is 10.7. The maximum Gasteiger partial charge on any atom is 0.303 e. The average Bonchev–Trinajstić information content (AvgIpc) is 2.39. The Kier molecular flexibility index (Phi) is 6.95. The normalized spacial score (nSPS) is 26.8. The van der Waals surface area contributed by atoms with Crippen LogP contribution in [0.2, 0.25) is 0 Å². The summed E-state index contributed by atoms with van der Waals surface area (Å²) in [5.74, 6) is -2.43. The van der Waals surface area contributed by atoms with Crippen LogP contribution in [0.3, 0.4) is 0 Å². The summed E-state index contributed by atoms with van der Waals surface area (Å²) in [6.07, 6.45) is -3.92. The molecule has 0 aromatic rings. The molecule has 0 aromatic heterocycles. The van der Waals surface area contributed by atoms with Crippen LogP contribution >= 0.6 is 0 Å². The Balaban J connectivity index is 2.98. The first-order valence-corrected chi connectivity index (χ1v) is 6.97. The maximum absolute atomic E-state index is 11.3. The van der Waals surface area contributed by atoms with Crippen LogP contribution in [0, 0.1) is 0 Å². The molecule has 0 spiro atoms. The van der Waals surface area contributed by atoms with Crippen LogP contribution in [0.15, 0.2) is 0 Å². The fraction of sp³-hybridized carbons (Fsp3) is 0.714. The number of carbonyl (C=O) groups is 4. The van der Waals surface area contributed by atoms with Gasteiger partial charge in [0, 0.05) is 27.7 Å². The van der Waals surface area contributed by atoms with Gasteiger partial charge < -0.3 is 23.7 Å². The molecule has 2 unspecified atom stereocenters. The van der Waals surface area contributed by atoms with Crippen molar-refractivity contribution < 1.29 is 42.9 Å². The molecule has 130 valence electrons. The maximum atomic E-state index is 11.3. The SMILES string of the molecule is CC(=O)OCC1OC[C@H](OC(C)=O)C(OC(C)=O)[C@H]1OC(C)=O. The summed E-state index contributed by atoms with van der Waals surface area (Å²) in [4.78, 5) is 44.8. The average molecular weight is 332 g/mol. The highest BCUT2D eigenvalue weighted by Gasteiger charge is 2.47. The third-order valence-electron chi connectivity index (χ3n) is 2.90. The zero-order valence-electron chi connectivity index (χ0n) is 13.4. The van der Waals surface area contributed by atoms with Gasteiger partial charge in [-0.05, 0) is 0 Å². The van der Waals surface area contributed by atoms with Gasteiger partial charge in [-0.25, -0.2) is 0 Å². The Morgan fingerprint density at radius 2 is 1.35 bits per heavy atom. The summed E-state index contributed by atoms with van der Waals surface area (Å²) in [7, 11) is 0. The van der Waals surface area contributed by atoms with E-state index in [2.05, 4.69) is 0 Å². The highest BCUT2D eigenvalue weighted by atomic mass is 16.7. The molecule has 9 nitrogen and oxygen atoms in total.